The van der Waals surface area contributed by atoms with Crippen molar-refractivity contribution in [3.05, 3.63) is 0 Å². The van der Waals surface area contributed by atoms with E-state index in [1.54, 1.807) is 14.0 Å². The van der Waals surface area contributed by atoms with Crippen LogP contribution in [0.25, 0.3) is 0 Å². The Morgan fingerprint density at radius 2 is 2.30 bits per heavy atom. The Morgan fingerprint density at radius 3 is 2.60 bits per heavy atom. The molecule has 4 heteroatoms. The van der Waals surface area contributed by atoms with E-state index in [1.165, 1.54) is 0 Å². The van der Waals surface area contributed by atoms with Gasteiger partial charge in [0.05, 0.1) is 5.88 Å². The van der Waals surface area contributed by atoms with E-state index in [4.69, 9.17) is 11.6 Å². The van der Waals surface area contributed by atoms with E-state index in [9.17, 15) is 4.79 Å². The van der Waals surface area contributed by atoms with Gasteiger partial charge in [-0.3, -0.25) is 9.79 Å². The molecule has 0 saturated heterocycles. The molecule has 0 spiro atoms. The topological polar surface area (TPSA) is 41.5 Å². The molecule has 0 aliphatic heterocycles. The maximum Gasteiger partial charge on any atom is 0.225 e. The summed E-state index contributed by atoms with van der Waals surface area (Å²) < 4.78 is 0. The molecular weight excluding hydrogens is 152 g/mol. The third kappa shape index (κ3) is 3.45. The van der Waals surface area contributed by atoms with Crippen LogP contribution in [0.15, 0.2) is 4.99 Å². The summed E-state index contributed by atoms with van der Waals surface area (Å²) in [7, 11) is 1.59. The number of alkyl halides is 1. The summed E-state index contributed by atoms with van der Waals surface area (Å²) in [5.41, 5.74) is 0. The zero-order valence-corrected chi connectivity index (χ0v) is 6.90. The van der Waals surface area contributed by atoms with E-state index in [1.807, 2.05) is 0 Å². The molecule has 0 atom stereocenters. The lowest BCUT2D eigenvalue weighted by molar-refractivity contribution is -0.119. The molecule has 0 rings (SSSR count). The molecule has 0 fully saturated rings. The largest absolute Gasteiger partial charge is 0.314 e. The first-order valence-electron chi connectivity index (χ1n) is 3.06. The molecule has 58 valence electrons. The number of halogens is 1. The van der Waals surface area contributed by atoms with Crippen molar-refractivity contribution < 1.29 is 4.79 Å². The minimum absolute atomic E-state index is 0.0544. The van der Waals surface area contributed by atoms with Gasteiger partial charge in [-0.05, 0) is 0 Å². The summed E-state index contributed by atoms with van der Waals surface area (Å²) >= 11 is 5.42. The molecule has 0 aliphatic rings. The quantitative estimate of drug-likeness (QED) is 0.364. The smallest absolute Gasteiger partial charge is 0.225 e. The Bertz CT molecular complexity index is 145. The zero-order valence-electron chi connectivity index (χ0n) is 6.15. The normalized spacial score (nSPS) is 11.3. The molecule has 0 aromatic carbocycles. The number of carbonyl (C=O) groups is 1. The third-order valence-corrected chi connectivity index (χ3v) is 1.25. The van der Waals surface area contributed by atoms with Crippen LogP contribution in [-0.2, 0) is 4.79 Å². The fourth-order valence-corrected chi connectivity index (χ4v) is 0.585. The van der Waals surface area contributed by atoms with Crippen molar-refractivity contribution in [2.24, 2.45) is 4.99 Å². The molecule has 0 unspecified atom stereocenters. The van der Waals surface area contributed by atoms with E-state index >= 15 is 0 Å². The summed E-state index contributed by atoms with van der Waals surface area (Å²) in [4.78, 5) is 14.4. The molecule has 0 radical (unpaired) electrons. The van der Waals surface area contributed by atoms with Gasteiger partial charge >= 0.3 is 0 Å². The number of aliphatic imine (C=N–C) groups is 1. The average Bonchev–Trinajstić information content (AvgIpc) is 1.99. The number of amidine groups is 1. The highest BCUT2D eigenvalue weighted by atomic mass is 35.5. The van der Waals surface area contributed by atoms with Crippen molar-refractivity contribution in [3.8, 4) is 0 Å². The Labute approximate surface area is 65.5 Å². The van der Waals surface area contributed by atoms with E-state index in [0.29, 0.717) is 12.3 Å². The second kappa shape index (κ2) is 5.23. The highest BCUT2D eigenvalue weighted by Crippen LogP contribution is 1.81. The summed E-state index contributed by atoms with van der Waals surface area (Å²) in [5, 5.41) is 2.55. The monoisotopic (exact) mass is 162 g/mol. The highest BCUT2D eigenvalue weighted by Gasteiger charge is 1.99. The number of nitrogens with one attached hydrogen (secondary N) is 1. The Balaban J connectivity index is 3.76. The lowest BCUT2D eigenvalue weighted by Gasteiger charge is -2.01. The van der Waals surface area contributed by atoms with Crippen LogP contribution in [0.3, 0.4) is 0 Å². The van der Waals surface area contributed by atoms with Gasteiger partial charge in [0.1, 0.15) is 5.84 Å². The number of rotatable bonds is 2. The zero-order chi connectivity index (χ0) is 7.98. The van der Waals surface area contributed by atoms with Crippen molar-refractivity contribution in [1.29, 1.82) is 0 Å². The van der Waals surface area contributed by atoms with Crippen molar-refractivity contribution >= 4 is 23.3 Å². The first kappa shape index (κ1) is 9.43. The molecule has 0 bridgehead atoms. The molecule has 0 saturated carbocycles. The van der Waals surface area contributed by atoms with Gasteiger partial charge < -0.3 is 5.32 Å². The van der Waals surface area contributed by atoms with Gasteiger partial charge in [-0.1, -0.05) is 6.92 Å². The van der Waals surface area contributed by atoms with Crippen LogP contribution in [-0.4, -0.2) is 24.7 Å². The Hall–Kier alpha value is -0.570. The highest BCUT2D eigenvalue weighted by molar-refractivity contribution is 6.29. The lowest BCUT2D eigenvalue weighted by Crippen LogP contribution is -2.30. The molecule has 0 heterocycles. The van der Waals surface area contributed by atoms with Crippen LogP contribution >= 0.6 is 11.6 Å². The van der Waals surface area contributed by atoms with Crippen LogP contribution in [0, 0.1) is 0 Å². The molecule has 3 nitrogen and oxygen atoms in total. The summed E-state index contributed by atoms with van der Waals surface area (Å²) in [6.45, 7) is 1.77. The van der Waals surface area contributed by atoms with Crippen molar-refractivity contribution in [2.75, 3.05) is 12.9 Å². The molecule has 0 aromatic heterocycles. The number of hydrogen-bond acceptors (Lipinski definition) is 2. The summed E-state index contributed by atoms with van der Waals surface area (Å²) in [6.07, 6.45) is 0.454. The third-order valence-electron chi connectivity index (χ3n) is 1.00. The van der Waals surface area contributed by atoms with Crippen molar-refractivity contribution in [3.63, 3.8) is 0 Å². The van der Waals surface area contributed by atoms with Gasteiger partial charge in [-0.15, -0.1) is 11.6 Å². The maximum absolute atomic E-state index is 10.7. The van der Waals surface area contributed by atoms with E-state index < -0.39 is 0 Å². The van der Waals surface area contributed by atoms with Crippen molar-refractivity contribution in [2.45, 2.75) is 13.3 Å². The van der Waals surface area contributed by atoms with Gasteiger partial charge in [0.2, 0.25) is 5.91 Å². The van der Waals surface area contributed by atoms with Gasteiger partial charge in [0, 0.05) is 13.5 Å². The lowest BCUT2D eigenvalue weighted by atomic mass is 10.4. The number of carbonyl (C=O) groups excluding carboxylic acids is 1. The fraction of sp³-hybridized carbons (Fsp3) is 0.667. The van der Waals surface area contributed by atoms with Crippen LogP contribution in [0.2, 0.25) is 0 Å². The minimum atomic E-state index is -0.0544. The van der Waals surface area contributed by atoms with Crippen LogP contribution < -0.4 is 5.32 Å². The van der Waals surface area contributed by atoms with Gasteiger partial charge in [0.15, 0.2) is 0 Å². The van der Waals surface area contributed by atoms with Gasteiger partial charge in [0.25, 0.3) is 0 Å². The Kier molecular flexibility index (Phi) is 4.94. The number of hydrogen-bond donors (Lipinski definition) is 1. The van der Waals surface area contributed by atoms with E-state index in [0.717, 1.165) is 0 Å². The maximum atomic E-state index is 10.7. The summed E-state index contributed by atoms with van der Waals surface area (Å²) in [5.74, 6) is 0.720. The molecule has 10 heavy (non-hydrogen) atoms. The Morgan fingerprint density at radius 1 is 1.70 bits per heavy atom. The molecule has 1 amide bonds. The van der Waals surface area contributed by atoms with E-state index in [2.05, 4.69) is 10.3 Å². The number of nitrogens with zero attached hydrogens (tertiary/aromatic N) is 1. The second-order valence-corrected chi connectivity index (χ2v) is 1.97. The average molecular weight is 163 g/mol. The second-order valence-electron chi connectivity index (χ2n) is 1.71. The molecule has 0 aliphatic carbocycles. The SMILES string of the molecule is CCC(=O)NC(CCl)=NC. The molecule has 1 N–H and O–H groups in total. The predicted molar refractivity (Wildman–Crippen MR) is 42.5 cm³/mol. The summed E-state index contributed by atoms with van der Waals surface area (Å²) in [6, 6.07) is 0. The van der Waals surface area contributed by atoms with Gasteiger partial charge in [-0.2, -0.15) is 0 Å². The van der Waals surface area contributed by atoms with E-state index in [-0.39, 0.29) is 11.8 Å². The van der Waals surface area contributed by atoms with Crippen LogP contribution in [0.1, 0.15) is 13.3 Å². The first-order chi connectivity index (χ1) is 4.74. The van der Waals surface area contributed by atoms with Gasteiger partial charge in [-0.25, -0.2) is 0 Å². The van der Waals surface area contributed by atoms with Crippen molar-refractivity contribution in [1.82, 2.24) is 5.32 Å². The predicted octanol–water partition coefficient (Wildman–Crippen LogP) is 0.780. The minimum Gasteiger partial charge on any atom is -0.314 e. The van der Waals surface area contributed by atoms with Crippen LogP contribution in [0.4, 0.5) is 0 Å². The van der Waals surface area contributed by atoms with Crippen LogP contribution in [0.5, 0.6) is 0 Å². The molecular formula is C6H11ClN2O. The number of amides is 1. The molecule has 0 aromatic rings. The standard InChI is InChI=1S/C6H11ClN2O/c1-3-6(10)9-5(4-7)8-2/h3-4H2,1-2H3,(H,8,9,10). The fourth-order valence-electron chi connectivity index (χ4n) is 0.398. The first-order valence-corrected chi connectivity index (χ1v) is 3.59.